The number of hydrazine groups is 1. The normalized spacial score (nSPS) is 10.5. The van der Waals surface area contributed by atoms with E-state index in [4.69, 9.17) is 0 Å². The van der Waals surface area contributed by atoms with Crippen molar-refractivity contribution in [2.75, 3.05) is 5.75 Å². The number of aryl methyl sites for hydroxylation is 2. The molecule has 28 heavy (non-hydrogen) atoms. The molecule has 2 amide bonds. The zero-order chi connectivity index (χ0) is 20.1. The molecule has 0 spiro atoms. The molecule has 0 aliphatic carbocycles. The average Bonchev–Trinajstić information content (AvgIpc) is 3.15. The fourth-order valence-electron chi connectivity index (χ4n) is 2.33. The molecule has 0 fully saturated rings. The van der Waals surface area contributed by atoms with Crippen molar-refractivity contribution >= 4 is 23.6 Å². The molecule has 2 aromatic carbocycles. The van der Waals surface area contributed by atoms with Gasteiger partial charge < -0.3 is 0 Å². The predicted octanol–water partition coefficient (Wildman–Crippen LogP) is 1.97. The van der Waals surface area contributed by atoms with Gasteiger partial charge in [-0.15, -0.1) is 5.10 Å². The van der Waals surface area contributed by atoms with Gasteiger partial charge in [-0.25, -0.2) is 4.39 Å². The first-order chi connectivity index (χ1) is 13.4. The maximum Gasteiger partial charge on any atom is 0.269 e. The molecule has 0 bridgehead atoms. The Morgan fingerprint density at radius 1 is 1.11 bits per heavy atom. The van der Waals surface area contributed by atoms with Gasteiger partial charge in [0, 0.05) is 5.56 Å². The van der Waals surface area contributed by atoms with E-state index in [2.05, 4.69) is 26.4 Å². The molecule has 1 aromatic heterocycles. The second-order valence-corrected chi connectivity index (χ2v) is 6.90. The number of carbonyl (C=O) groups excluding carboxylic acids is 2. The van der Waals surface area contributed by atoms with Gasteiger partial charge in [-0.2, -0.15) is 4.68 Å². The highest BCUT2D eigenvalue weighted by Gasteiger charge is 2.14. The van der Waals surface area contributed by atoms with Crippen molar-refractivity contribution in [2.45, 2.75) is 19.0 Å². The lowest BCUT2D eigenvalue weighted by atomic mass is 10.1. The van der Waals surface area contributed by atoms with E-state index in [0.29, 0.717) is 5.16 Å². The smallest absolute Gasteiger partial charge is 0.269 e. The zero-order valence-electron chi connectivity index (χ0n) is 15.1. The molecular weight excluding hydrogens is 383 g/mol. The van der Waals surface area contributed by atoms with E-state index in [-0.39, 0.29) is 11.3 Å². The summed E-state index contributed by atoms with van der Waals surface area (Å²) in [4.78, 5) is 23.9. The Bertz CT molecular complexity index is 1010. The van der Waals surface area contributed by atoms with E-state index in [9.17, 15) is 14.0 Å². The van der Waals surface area contributed by atoms with Crippen LogP contribution in [0.1, 0.15) is 21.5 Å². The van der Waals surface area contributed by atoms with Gasteiger partial charge in [0.1, 0.15) is 5.82 Å². The molecular formula is C18H17FN6O2S. The number of nitrogens with zero attached hydrogens (tertiary/aromatic N) is 4. The summed E-state index contributed by atoms with van der Waals surface area (Å²) < 4.78 is 14.4. The number of amides is 2. The average molecular weight is 400 g/mol. The summed E-state index contributed by atoms with van der Waals surface area (Å²) in [5.41, 5.74) is 7.71. The second-order valence-electron chi connectivity index (χ2n) is 5.96. The van der Waals surface area contributed by atoms with Crippen LogP contribution in [-0.2, 0) is 4.79 Å². The monoisotopic (exact) mass is 400 g/mol. The van der Waals surface area contributed by atoms with Crippen molar-refractivity contribution in [1.82, 2.24) is 31.1 Å². The summed E-state index contributed by atoms with van der Waals surface area (Å²) >= 11 is 1.13. The molecule has 0 aliphatic heterocycles. The minimum Gasteiger partial charge on any atom is -0.272 e. The molecule has 2 N–H and O–H groups in total. The Kier molecular flexibility index (Phi) is 5.99. The summed E-state index contributed by atoms with van der Waals surface area (Å²) in [5.74, 6) is -1.43. The number of hydrogen-bond donors (Lipinski definition) is 2. The first-order valence-electron chi connectivity index (χ1n) is 8.27. The SMILES string of the molecule is Cc1ccc(C)c(-n2nnnc2SCC(=O)NNC(=O)c2ccc(F)cc2)c1. The van der Waals surface area contributed by atoms with Gasteiger partial charge in [0.2, 0.25) is 11.1 Å². The molecule has 0 saturated heterocycles. The van der Waals surface area contributed by atoms with E-state index >= 15 is 0 Å². The van der Waals surface area contributed by atoms with Crippen LogP contribution in [0.5, 0.6) is 0 Å². The van der Waals surface area contributed by atoms with E-state index in [0.717, 1.165) is 28.6 Å². The largest absolute Gasteiger partial charge is 0.272 e. The third kappa shape index (κ3) is 4.71. The molecule has 8 nitrogen and oxygen atoms in total. The molecule has 0 aliphatic rings. The molecule has 0 saturated carbocycles. The minimum atomic E-state index is -0.543. The van der Waals surface area contributed by atoms with Crippen molar-refractivity contribution in [3.63, 3.8) is 0 Å². The number of hydrogen-bond acceptors (Lipinski definition) is 6. The molecule has 10 heteroatoms. The predicted molar refractivity (Wildman–Crippen MR) is 101 cm³/mol. The first kappa shape index (κ1) is 19.5. The summed E-state index contributed by atoms with van der Waals surface area (Å²) in [6, 6.07) is 10.9. The van der Waals surface area contributed by atoms with E-state index < -0.39 is 17.6 Å². The van der Waals surface area contributed by atoms with Crippen molar-refractivity contribution in [3.05, 3.63) is 65.0 Å². The number of nitrogens with one attached hydrogen (secondary N) is 2. The van der Waals surface area contributed by atoms with Crippen molar-refractivity contribution in [2.24, 2.45) is 0 Å². The van der Waals surface area contributed by atoms with Crippen LogP contribution in [0, 0.1) is 19.7 Å². The Hall–Kier alpha value is -3.27. The maximum atomic E-state index is 12.9. The number of rotatable bonds is 5. The number of benzene rings is 2. The molecule has 144 valence electrons. The van der Waals surface area contributed by atoms with Crippen LogP contribution in [0.2, 0.25) is 0 Å². The van der Waals surface area contributed by atoms with E-state index in [1.165, 1.54) is 24.3 Å². The van der Waals surface area contributed by atoms with Crippen LogP contribution < -0.4 is 10.9 Å². The van der Waals surface area contributed by atoms with Gasteiger partial charge in [-0.3, -0.25) is 20.4 Å². The Morgan fingerprint density at radius 2 is 1.86 bits per heavy atom. The fraction of sp³-hybridized carbons (Fsp3) is 0.167. The summed E-state index contributed by atoms with van der Waals surface area (Å²) in [7, 11) is 0. The molecule has 3 aromatic rings. The first-order valence-corrected chi connectivity index (χ1v) is 9.26. The Balaban J connectivity index is 1.57. The van der Waals surface area contributed by atoms with Crippen molar-refractivity contribution in [3.8, 4) is 5.69 Å². The fourth-order valence-corrected chi connectivity index (χ4v) is 3.02. The Morgan fingerprint density at radius 3 is 2.61 bits per heavy atom. The topological polar surface area (TPSA) is 102 Å². The lowest BCUT2D eigenvalue weighted by Gasteiger charge is -2.09. The summed E-state index contributed by atoms with van der Waals surface area (Å²) in [5, 5.41) is 12.1. The lowest BCUT2D eigenvalue weighted by Crippen LogP contribution is -2.42. The van der Waals surface area contributed by atoms with Crippen LogP contribution in [-0.4, -0.2) is 37.8 Å². The third-order valence-corrected chi connectivity index (χ3v) is 4.71. The van der Waals surface area contributed by atoms with Gasteiger partial charge in [-0.05, 0) is 65.7 Å². The lowest BCUT2D eigenvalue weighted by molar-refractivity contribution is -0.119. The van der Waals surface area contributed by atoms with E-state index in [1.54, 1.807) is 4.68 Å². The summed E-state index contributed by atoms with van der Waals surface area (Å²) in [6.45, 7) is 3.92. The van der Waals surface area contributed by atoms with Crippen LogP contribution in [0.25, 0.3) is 5.69 Å². The molecule has 0 atom stereocenters. The standard InChI is InChI=1S/C18H17FN6O2S/c1-11-3-4-12(2)15(9-11)25-18(22-23-24-25)28-10-16(26)20-21-17(27)13-5-7-14(19)8-6-13/h3-9H,10H2,1-2H3,(H,20,26)(H,21,27). The van der Waals surface area contributed by atoms with Crippen molar-refractivity contribution in [1.29, 1.82) is 0 Å². The van der Waals surface area contributed by atoms with Crippen molar-refractivity contribution < 1.29 is 14.0 Å². The van der Waals surface area contributed by atoms with Gasteiger partial charge in [0.05, 0.1) is 11.4 Å². The zero-order valence-corrected chi connectivity index (χ0v) is 16.0. The van der Waals surface area contributed by atoms with E-state index in [1.807, 2.05) is 32.0 Å². The molecule has 1 heterocycles. The number of tetrazole rings is 1. The van der Waals surface area contributed by atoms with Gasteiger partial charge in [-0.1, -0.05) is 23.9 Å². The number of aromatic nitrogens is 4. The number of thioether (sulfide) groups is 1. The second kappa shape index (κ2) is 8.61. The molecule has 0 unspecified atom stereocenters. The summed E-state index contributed by atoms with van der Waals surface area (Å²) in [6.07, 6.45) is 0. The highest BCUT2D eigenvalue weighted by molar-refractivity contribution is 7.99. The van der Waals surface area contributed by atoms with Crippen LogP contribution in [0.3, 0.4) is 0 Å². The highest BCUT2D eigenvalue weighted by atomic mass is 32.2. The van der Waals surface area contributed by atoms with Crippen LogP contribution in [0.4, 0.5) is 4.39 Å². The minimum absolute atomic E-state index is 0.00503. The molecule has 0 radical (unpaired) electrons. The van der Waals surface area contributed by atoms with Gasteiger partial charge in [0.25, 0.3) is 5.91 Å². The maximum absolute atomic E-state index is 12.9. The third-order valence-electron chi connectivity index (χ3n) is 3.79. The quantitative estimate of drug-likeness (QED) is 0.502. The number of halogens is 1. The number of carbonyl (C=O) groups is 2. The van der Waals surface area contributed by atoms with Crippen LogP contribution >= 0.6 is 11.8 Å². The molecule has 3 rings (SSSR count). The van der Waals surface area contributed by atoms with Gasteiger partial charge in [0.15, 0.2) is 0 Å². The highest BCUT2D eigenvalue weighted by Crippen LogP contribution is 2.21. The van der Waals surface area contributed by atoms with Gasteiger partial charge >= 0.3 is 0 Å². The Labute approximate surface area is 164 Å². The van der Waals surface area contributed by atoms with Crippen LogP contribution in [0.15, 0.2) is 47.6 Å².